The molecule has 114 valence electrons. The molecule has 22 heavy (non-hydrogen) atoms. The first-order valence-corrected chi connectivity index (χ1v) is 7.25. The van der Waals surface area contributed by atoms with Gasteiger partial charge < -0.3 is 9.84 Å². The quantitative estimate of drug-likeness (QED) is 0.683. The van der Waals surface area contributed by atoms with Gasteiger partial charge in [-0.15, -0.1) is 0 Å². The summed E-state index contributed by atoms with van der Waals surface area (Å²) in [5.41, 5.74) is 5.02. The maximum absolute atomic E-state index is 12.2. The van der Waals surface area contributed by atoms with Gasteiger partial charge in [0.05, 0.1) is 12.7 Å². The first kappa shape index (κ1) is 16.1. The van der Waals surface area contributed by atoms with Crippen molar-refractivity contribution in [2.24, 2.45) is 0 Å². The van der Waals surface area contributed by atoms with Crippen LogP contribution in [0.2, 0.25) is 0 Å². The summed E-state index contributed by atoms with van der Waals surface area (Å²) < 4.78 is 4.94. The van der Waals surface area contributed by atoms with Crippen molar-refractivity contribution in [1.82, 2.24) is 0 Å². The number of fused-ring (bicyclic) bond motifs is 1. The fourth-order valence-corrected chi connectivity index (χ4v) is 2.60. The number of ether oxygens (including phenoxy) is 1. The third kappa shape index (κ3) is 2.84. The summed E-state index contributed by atoms with van der Waals surface area (Å²) >= 11 is 0. The van der Waals surface area contributed by atoms with Crippen molar-refractivity contribution in [1.29, 1.82) is 0 Å². The fraction of sp³-hybridized carbons (Fsp3) is 0.316. The van der Waals surface area contributed by atoms with E-state index in [-0.39, 0.29) is 12.6 Å². The zero-order chi connectivity index (χ0) is 16.3. The summed E-state index contributed by atoms with van der Waals surface area (Å²) in [5.74, 6) is 5.62. The van der Waals surface area contributed by atoms with Crippen molar-refractivity contribution in [2.75, 3.05) is 13.7 Å². The van der Waals surface area contributed by atoms with Crippen LogP contribution in [-0.2, 0) is 4.74 Å². The van der Waals surface area contributed by atoms with Gasteiger partial charge in [0, 0.05) is 5.56 Å². The average molecular weight is 296 g/mol. The second-order valence-corrected chi connectivity index (χ2v) is 5.48. The molecule has 0 radical (unpaired) electrons. The monoisotopic (exact) mass is 296 g/mol. The van der Waals surface area contributed by atoms with Crippen LogP contribution in [0.25, 0.3) is 11.1 Å². The standard InChI is InChI=1S/C19H20O3/c1-12(2)14-7-5-8-16-15(9-6-10-20)13(3)18(17(16)11-14)19(21)22-4/h5,7-8,11-12,20H,10H2,1-4H3. The van der Waals surface area contributed by atoms with Gasteiger partial charge in [-0.3, -0.25) is 0 Å². The molecule has 1 N–H and O–H groups in total. The van der Waals surface area contributed by atoms with Crippen LogP contribution in [0.4, 0.5) is 0 Å². The van der Waals surface area contributed by atoms with Crippen LogP contribution in [-0.4, -0.2) is 24.8 Å². The lowest BCUT2D eigenvalue weighted by molar-refractivity contribution is 0.0601. The topological polar surface area (TPSA) is 46.5 Å². The summed E-state index contributed by atoms with van der Waals surface area (Å²) in [4.78, 5) is 12.2. The number of methoxy groups -OCH3 is 1. The highest BCUT2D eigenvalue weighted by Gasteiger charge is 2.24. The van der Waals surface area contributed by atoms with E-state index in [9.17, 15) is 4.79 Å². The highest BCUT2D eigenvalue weighted by atomic mass is 16.5. The molecular formula is C19H20O3. The number of carbonyl (C=O) groups is 1. The lowest BCUT2D eigenvalue weighted by Gasteiger charge is -2.04. The van der Waals surface area contributed by atoms with E-state index < -0.39 is 0 Å². The Bertz CT molecular complexity index is 733. The lowest BCUT2D eigenvalue weighted by atomic mass is 10.0. The Morgan fingerprint density at radius 2 is 2.05 bits per heavy atom. The Labute approximate surface area is 131 Å². The Morgan fingerprint density at radius 3 is 2.64 bits per heavy atom. The minimum absolute atomic E-state index is 0.212. The number of aliphatic hydroxyl groups excluding tert-OH is 1. The molecule has 3 heteroatoms. The molecule has 0 amide bonds. The van der Waals surface area contributed by atoms with Gasteiger partial charge in [-0.25, -0.2) is 4.79 Å². The second-order valence-electron chi connectivity index (χ2n) is 5.48. The molecule has 0 atom stereocenters. The van der Waals surface area contributed by atoms with Crippen LogP contribution < -0.4 is 0 Å². The van der Waals surface area contributed by atoms with Gasteiger partial charge in [0.15, 0.2) is 0 Å². The molecule has 2 aliphatic rings. The van der Waals surface area contributed by atoms with E-state index in [4.69, 9.17) is 9.84 Å². The van der Waals surface area contributed by atoms with E-state index in [2.05, 4.69) is 25.7 Å². The van der Waals surface area contributed by atoms with Crippen molar-refractivity contribution in [3.8, 4) is 23.0 Å². The largest absolute Gasteiger partial charge is 0.465 e. The summed E-state index contributed by atoms with van der Waals surface area (Å²) in [5, 5.41) is 8.95. The molecule has 0 saturated carbocycles. The predicted molar refractivity (Wildman–Crippen MR) is 87.2 cm³/mol. The first-order valence-electron chi connectivity index (χ1n) is 7.25. The fourth-order valence-electron chi connectivity index (χ4n) is 2.60. The SMILES string of the molecule is COC(=O)c1c2cc(C(C)C)cccc-2c(C#CCO)c1C. The smallest absolute Gasteiger partial charge is 0.338 e. The van der Waals surface area contributed by atoms with Gasteiger partial charge in [-0.05, 0) is 41.2 Å². The molecule has 0 unspecified atom stereocenters. The van der Waals surface area contributed by atoms with E-state index in [0.29, 0.717) is 11.5 Å². The van der Waals surface area contributed by atoms with Gasteiger partial charge in [0.25, 0.3) is 0 Å². The Hall–Kier alpha value is -2.31. The number of carbonyl (C=O) groups excluding carboxylic acids is 1. The molecule has 0 fully saturated rings. The molecular weight excluding hydrogens is 276 g/mol. The van der Waals surface area contributed by atoms with Crippen LogP contribution >= 0.6 is 0 Å². The molecule has 2 aliphatic carbocycles. The molecule has 0 aromatic heterocycles. The molecule has 2 rings (SSSR count). The minimum atomic E-state index is -0.361. The normalized spacial score (nSPS) is 10.5. The van der Waals surface area contributed by atoms with Crippen LogP contribution in [0.3, 0.4) is 0 Å². The maximum atomic E-state index is 12.2. The second kappa shape index (κ2) is 6.64. The van der Waals surface area contributed by atoms with Crippen molar-refractivity contribution in [3.63, 3.8) is 0 Å². The molecule has 0 bridgehead atoms. The highest BCUT2D eigenvalue weighted by molar-refractivity contribution is 6.03. The highest BCUT2D eigenvalue weighted by Crippen LogP contribution is 2.37. The van der Waals surface area contributed by atoms with Crippen molar-refractivity contribution in [3.05, 3.63) is 46.5 Å². The first-order chi connectivity index (χ1) is 10.5. The van der Waals surface area contributed by atoms with Gasteiger partial charge in [0.1, 0.15) is 6.61 Å². The van der Waals surface area contributed by atoms with Gasteiger partial charge in [-0.2, -0.15) is 0 Å². The molecule has 0 heterocycles. The molecule has 0 aromatic carbocycles. The zero-order valence-corrected chi connectivity index (χ0v) is 13.4. The third-order valence-electron chi connectivity index (χ3n) is 3.79. The van der Waals surface area contributed by atoms with Crippen molar-refractivity contribution >= 4 is 5.97 Å². The average Bonchev–Trinajstić information content (AvgIpc) is 2.65. The lowest BCUT2D eigenvalue weighted by Crippen LogP contribution is -2.02. The van der Waals surface area contributed by atoms with Crippen molar-refractivity contribution in [2.45, 2.75) is 26.7 Å². The summed E-state index contributed by atoms with van der Waals surface area (Å²) in [6, 6.07) is 8.01. The van der Waals surface area contributed by atoms with E-state index in [1.54, 1.807) is 0 Å². The van der Waals surface area contributed by atoms with Crippen LogP contribution in [0, 0.1) is 18.8 Å². The van der Waals surface area contributed by atoms with Gasteiger partial charge in [0.2, 0.25) is 0 Å². The van der Waals surface area contributed by atoms with Gasteiger partial charge in [-0.1, -0.05) is 43.9 Å². The van der Waals surface area contributed by atoms with Crippen LogP contribution in [0.5, 0.6) is 0 Å². The van der Waals surface area contributed by atoms with E-state index >= 15 is 0 Å². The molecule has 0 aromatic rings. The number of hydrogen-bond acceptors (Lipinski definition) is 3. The van der Waals surface area contributed by atoms with Crippen molar-refractivity contribution < 1.29 is 14.6 Å². The van der Waals surface area contributed by atoms with Crippen LogP contribution in [0.15, 0.2) is 24.3 Å². The molecule has 0 aliphatic heterocycles. The number of hydrogen-bond donors (Lipinski definition) is 1. The summed E-state index contributed by atoms with van der Waals surface area (Å²) in [6.45, 7) is 5.88. The molecule has 0 saturated heterocycles. The number of esters is 1. The summed E-state index contributed by atoms with van der Waals surface area (Å²) in [6.07, 6.45) is 0. The van der Waals surface area contributed by atoms with E-state index in [1.807, 2.05) is 31.2 Å². The zero-order valence-electron chi connectivity index (χ0n) is 13.4. The van der Waals surface area contributed by atoms with E-state index in [1.165, 1.54) is 7.11 Å². The third-order valence-corrected chi connectivity index (χ3v) is 3.79. The van der Waals surface area contributed by atoms with Crippen LogP contribution in [0.1, 0.15) is 46.8 Å². The summed E-state index contributed by atoms with van der Waals surface area (Å²) in [7, 11) is 1.38. The molecule has 3 nitrogen and oxygen atoms in total. The Balaban J connectivity index is 2.82. The Morgan fingerprint density at radius 1 is 1.32 bits per heavy atom. The maximum Gasteiger partial charge on any atom is 0.338 e. The number of aliphatic hydroxyl groups is 1. The predicted octanol–water partition coefficient (Wildman–Crippen LogP) is 3.35. The van der Waals surface area contributed by atoms with Gasteiger partial charge >= 0.3 is 5.97 Å². The Kier molecular flexibility index (Phi) is 4.85. The number of rotatable bonds is 2. The van der Waals surface area contributed by atoms with E-state index in [0.717, 1.165) is 27.8 Å². The molecule has 0 spiro atoms. The minimum Gasteiger partial charge on any atom is -0.465 e.